The van der Waals surface area contributed by atoms with Gasteiger partial charge in [0, 0.05) is 37.0 Å². The molecule has 12 atom stereocenters. The lowest BCUT2D eigenvalue weighted by molar-refractivity contribution is -0.148. The highest BCUT2D eigenvalue weighted by Gasteiger charge is 2.84. The Balaban J connectivity index is 0.975. The summed E-state index contributed by atoms with van der Waals surface area (Å²) in [7, 11) is -3.33. The van der Waals surface area contributed by atoms with Gasteiger partial charge in [0.2, 0.25) is 10.0 Å². The Bertz CT molecular complexity index is 1450. The van der Waals surface area contributed by atoms with Crippen molar-refractivity contribution in [1.29, 1.82) is 0 Å². The van der Waals surface area contributed by atoms with Crippen LogP contribution < -0.4 is 4.72 Å². The van der Waals surface area contributed by atoms with Crippen molar-refractivity contribution in [2.45, 2.75) is 116 Å². The minimum Gasteiger partial charge on any atom is -0.393 e. The summed E-state index contributed by atoms with van der Waals surface area (Å²) in [6.45, 7) is 12.2. The van der Waals surface area contributed by atoms with Crippen LogP contribution in [0, 0.1) is 45.8 Å². The molecule has 1 aromatic carbocycles. The molecule has 8 rings (SSSR count). The minimum absolute atomic E-state index is 0.0796. The van der Waals surface area contributed by atoms with Gasteiger partial charge >= 0.3 is 0 Å². The molecule has 2 saturated heterocycles. The molecule has 7 aliphatic rings. The van der Waals surface area contributed by atoms with Crippen molar-refractivity contribution >= 4 is 10.0 Å². The van der Waals surface area contributed by atoms with Crippen LogP contribution in [-0.4, -0.2) is 67.7 Å². The fourth-order valence-electron chi connectivity index (χ4n) is 13.0. The molecular weight excluding hydrogens is 580 g/mol. The smallest absolute Gasteiger partial charge is 0.211 e. The molecule has 0 amide bonds. The zero-order valence-electron chi connectivity index (χ0n) is 28.0. The van der Waals surface area contributed by atoms with Gasteiger partial charge in [-0.2, -0.15) is 0 Å². The number of hydrogen-bond donors (Lipinski definition) is 2. The van der Waals surface area contributed by atoms with Gasteiger partial charge < -0.3 is 9.84 Å². The number of likely N-dealkylation sites (tertiary alicyclic amines) is 1. The van der Waals surface area contributed by atoms with Crippen molar-refractivity contribution < 1.29 is 18.3 Å². The molecule has 6 nitrogen and oxygen atoms in total. The molecule has 0 bridgehead atoms. The van der Waals surface area contributed by atoms with E-state index in [1.165, 1.54) is 32.1 Å². The van der Waals surface area contributed by atoms with Crippen LogP contribution in [0.25, 0.3) is 0 Å². The van der Waals surface area contributed by atoms with Gasteiger partial charge in [-0.05, 0) is 104 Å². The van der Waals surface area contributed by atoms with Gasteiger partial charge in [0.1, 0.15) is 0 Å². The first-order valence-corrected chi connectivity index (χ1v) is 19.9. The topological polar surface area (TPSA) is 78.9 Å². The van der Waals surface area contributed by atoms with E-state index >= 15 is 0 Å². The number of nitrogens with zero attached hydrogens (tertiary/aromatic N) is 1. The Kier molecular flexibility index (Phi) is 7.33. The van der Waals surface area contributed by atoms with E-state index in [0.29, 0.717) is 36.3 Å². The monoisotopic (exact) mass is 636 g/mol. The Morgan fingerprint density at radius 3 is 2.69 bits per heavy atom. The van der Waals surface area contributed by atoms with Gasteiger partial charge in [0.05, 0.1) is 23.6 Å². The first kappa shape index (κ1) is 31.0. The minimum atomic E-state index is -3.33. The Morgan fingerprint density at radius 2 is 1.89 bits per heavy atom. The zero-order valence-corrected chi connectivity index (χ0v) is 28.8. The Morgan fingerprint density at radius 1 is 1.09 bits per heavy atom. The number of aliphatic hydroxyl groups excluding tert-OH is 1. The zero-order chi connectivity index (χ0) is 31.4. The van der Waals surface area contributed by atoms with Crippen molar-refractivity contribution in [3.63, 3.8) is 0 Å². The second-order valence-electron chi connectivity index (χ2n) is 17.2. The molecule has 4 saturated carbocycles. The maximum absolute atomic E-state index is 12.9. The van der Waals surface area contributed by atoms with Crippen LogP contribution in [0.1, 0.15) is 91.0 Å². The molecule has 2 aliphatic heterocycles. The molecule has 248 valence electrons. The van der Waals surface area contributed by atoms with Gasteiger partial charge in [-0.15, -0.1) is 0 Å². The molecule has 1 aromatic rings. The van der Waals surface area contributed by atoms with Gasteiger partial charge in [-0.1, -0.05) is 69.7 Å². The highest BCUT2D eigenvalue weighted by Crippen LogP contribution is 2.87. The van der Waals surface area contributed by atoms with Crippen LogP contribution in [0.5, 0.6) is 0 Å². The lowest BCUT2D eigenvalue weighted by atomic mass is 9.56. The van der Waals surface area contributed by atoms with Crippen LogP contribution in [0.4, 0.5) is 0 Å². The lowest BCUT2D eigenvalue weighted by Gasteiger charge is -2.50. The predicted octanol–water partition coefficient (Wildman–Crippen LogP) is 5.96. The average Bonchev–Trinajstić information content (AvgIpc) is 3.35. The second kappa shape index (κ2) is 10.6. The van der Waals surface area contributed by atoms with E-state index in [2.05, 4.69) is 43.4 Å². The average molecular weight is 637 g/mol. The summed E-state index contributed by atoms with van der Waals surface area (Å²) in [5.74, 6) is 3.45. The maximum Gasteiger partial charge on any atom is 0.211 e. The Hall–Kier alpha value is -1.25. The van der Waals surface area contributed by atoms with E-state index in [9.17, 15) is 13.5 Å². The number of allylic oxidation sites excluding steroid dienone is 1. The van der Waals surface area contributed by atoms with Gasteiger partial charge in [-0.3, -0.25) is 4.90 Å². The highest BCUT2D eigenvalue weighted by atomic mass is 32.2. The SMILES string of the molecule is C[C@H]1C[C@H]2O[C@]3(CC[C@H]4[C@@H]5CC=C6C[C@@H](O)CC[C@]6(C)[C@H]5CC45CC53C)[C@H](C)[C@@H]2N(CCNS(=O)(=O)CCc2ccccc2)C1. The molecule has 0 aromatic heterocycles. The third-order valence-corrected chi connectivity index (χ3v) is 16.6. The second-order valence-corrected chi connectivity index (χ2v) is 19.1. The summed E-state index contributed by atoms with van der Waals surface area (Å²) >= 11 is 0. The number of hydrogen-bond acceptors (Lipinski definition) is 5. The normalized spacial score (nSPS) is 48.6. The van der Waals surface area contributed by atoms with Gasteiger partial charge in [-0.25, -0.2) is 13.1 Å². The quantitative estimate of drug-likeness (QED) is 0.362. The number of nitrogens with one attached hydrogen (secondary N) is 1. The summed E-state index contributed by atoms with van der Waals surface area (Å²) in [6, 6.07) is 10.2. The van der Waals surface area contributed by atoms with E-state index in [4.69, 9.17) is 4.74 Å². The Labute approximate surface area is 271 Å². The fraction of sp³-hybridized carbons (Fsp3) is 0.789. The number of aryl methyl sites for hydroxylation is 1. The molecule has 2 unspecified atom stereocenters. The summed E-state index contributed by atoms with van der Waals surface area (Å²) in [5.41, 5.74) is 3.42. The number of piperidine rings is 1. The van der Waals surface area contributed by atoms with E-state index < -0.39 is 10.0 Å². The van der Waals surface area contributed by atoms with Crippen LogP contribution in [0.3, 0.4) is 0 Å². The number of sulfonamides is 1. The highest BCUT2D eigenvalue weighted by molar-refractivity contribution is 7.89. The number of aliphatic hydroxyl groups is 1. The van der Waals surface area contributed by atoms with Crippen molar-refractivity contribution in [3.8, 4) is 0 Å². The molecule has 6 fully saturated rings. The van der Waals surface area contributed by atoms with Crippen LogP contribution in [-0.2, 0) is 21.2 Å². The van der Waals surface area contributed by atoms with Crippen LogP contribution in [0.15, 0.2) is 42.0 Å². The standard InChI is InChI=1S/C38H56N2O4S/c1-25-20-33-34(40(23-25)18-17-39-45(42,43)19-14-27-8-6-5-7-9-27)26(2)38(44-33)16-13-31-30-11-10-28-21-29(41)12-15-35(28,3)32(30)22-37(31)24-36(37,38)4/h5-10,25-26,29-34,39,41H,11-24H2,1-4H3/t25-,26+,29-,30-,31-,32-,33+,34-,35-,36?,37?,38+/m0/s1. The van der Waals surface area contributed by atoms with E-state index in [-0.39, 0.29) is 34.4 Å². The number of fused-ring (bicyclic) bond motifs is 6. The lowest BCUT2D eigenvalue weighted by Crippen LogP contribution is -2.55. The van der Waals surface area contributed by atoms with E-state index in [1.54, 1.807) is 5.57 Å². The molecule has 0 radical (unpaired) electrons. The molecular formula is C38H56N2O4S. The summed E-state index contributed by atoms with van der Waals surface area (Å²) in [6.07, 6.45) is 13.6. The van der Waals surface area contributed by atoms with Gasteiger partial charge in [0.15, 0.2) is 0 Å². The van der Waals surface area contributed by atoms with E-state index in [1.807, 2.05) is 30.3 Å². The summed E-state index contributed by atoms with van der Waals surface area (Å²) in [5, 5.41) is 10.5. The van der Waals surface area contributed by atoms with Gasteiger partial charge in [0.25, 0.3) is 0 Å². The number of rotatable bonds is 7. The van der Waals surface area contributed by atoms with Crippen molar-refractivity contribution in [2.75, 3.05) is 25.4 Å². The molecule has 45 heavy (non-hydrogen) atoms. The van der Waals surface area contributed by atoms with Crippen molar-refractivity contribution in [3.05, 3.63) is 47.5 Å². The molecule has 2 spiro atoms. The first-order chi connectivity index (χ1) is 21.4. The summed E-state index contributed by atoms with van der Waals surface area (Å²) < 4.78 is 36.2. The molecule has 5 aliphatic carbocycles. The van der Waals surface area contributed by atoms with Crippen molar-refractivity contribution in [2.24, 2.45) is 45.8 Å². The molecule has 7 heteroatoms. The van der Waals surface area contributed by atoms with Crippen LogP contribution >= 0.6 is 0 Å². The largest absolute Gasteiger partial charge is 0.393 e. The van der Waals surface area contributed by atoms with Crippen molar-refractivity contribution in [1.82, 2.24) is 9.62 Å². The van der Waals surface area contributed by atoms with Crippen LogP contribution in [0.2, 0.25) is 0 Å². The predicted molar refractivity (Wildman–Crippen MR) is 178 cm³/mol. The maximum atomic E-state index is 12.9. The number of ether oxygens (including phenoxy) is 1. The third kappa shape index (κ3) is 4.56. The first-order valence-electron chi connectivity index (χ1n) is 18.2. The fourth-order valence-corrected chi connectivity index (χ4v) is 14.1. The third-order valence-electron chi connectivity index (χ3n) is 15.2. The molecule has 2 heterocycles. The number of benzene rings is 1. The molecule has 2 N–H and O–H groups in total. The summed E-state index contributed by atoms with van der Waals surface area (Å²) in [4.78, 5) is 2.60. The van der Waals surface area contributed by atoms with E-state index in [0.717, 1.165) is 62.1 Å².